The van der Waals surface area contributed by atoms with E-state index in [2.05, 4.69) is 37.6 Å². The molecule has 1 saturated carbocycles. The third-order valence-corrected chi connectivity index (χ3v) is 4.33. The van der Waals surface area contributed by atoms with Crippen molar-refractivity contribution in [3.8, 4) is 0 Å². The van der Waals surface area contributed by atoms with Gasteiger partial charge >= 0.3 is 0 Å². The molecule has 2 aliphatic rings. The van der Waals surface area contributed by atoms with Gasteiger partial charge in [-0.2, -0.15) is 0 Å². The maximum absolute atomic E-state index is 2.71. The highest BCUT2D eigenvalue weighted by atomic mass is 15.4. The Morgan fingerprint density at radius 3 is 2.00 bits per heavy atom. The molecule has 88 valence electrons. The largest absolute Gasteiger partial charge is 0.292 e. The SMILES string of the molecule is CC1C[C@H](C)C(N2CCN(C)C2)[C@@H](C)C1. The molecule has 15 heavy (non-hydrogen) atoms. The van der Waals surface area contributed by atoms with Crippen LogP contribution in [0.2, 0.25) is 0 Å². The first-order valence-electron chi connectivity index (χ1n) is 6.50. The van der Waals surface area contributed by atoms with Crippen LogP contribution in [0.3, 0.4) is 0 Å². The molecule has 0 spiro atoms. The van der Waals surface area contributed by atoms with Gasteiger partial charge in [0.15, 0.2) is 0 Å². The fourth-order valence-electron chi connectivity index (χ4n) is 3.92. The second kappa shape index (κ2) is 4.42. The third kappa shape index (κ3) is 2.36. The Labute approximate surface area is 94.6 Å². The van der Waals surface area contributed by atoms with E-state index in [-0.39, 0.29) is 0 Å². The van der Waals surface area contributed by atoms with Crippen molar-refractivity contribution in [2.75, 3.05) is 26.8 Å². The minimum atomic E-state index is 0.839. The molecule has 2 fully saturated rings. The van der Waals surface area contributed by atoms with E-state index in [1.807, 2.05) is 0 Å². The van der Waals surface area contributed by atoms with Crippen molar-refractivity contribution in [3.63, 3.8) is 0 Å². The van der Waals surface area contributed by atoms with Gasteiger partial charge in [0.25, 0.3) is 0 Å². The molecule has 0 unspecified atom stereocenters. The van der Waals surface area contributed by atoms with E-state index >= 15 is 0 Å². The zero-order chi connectivity index (χ0) is 11.0. The quantitative estimate of drug-likeness (QED) is 0.655. The summed E-state index contributed by atoms with van der Waals surface area (Å²) in [4.78, 5) is 5.15. The Morgan fingerprint density at radius 1 is 0.933 bits per heavy atom. The van der Waals surface area contributed by atoms with E-state index < -0.39 is 0 Å². The topological polar surface area (TPSA) is 6.48 Å². The number of rotatable bonds is 1. The Hall–Kier alpha value is -0.0800. The first-order chi connectivity index (χ1) is 7.08. The lowest BCUT2D eigenvalue weighted by Crippen LogP contribution is -2.47. The first-order valence-corrected chi connectivity index (χ1v) is 6.50. The van der Waals surface area contributed by atoms with E-state index in [1.54, 1.807) is 0 Å². The number of hydrogen-bond acceptors (Lipinski definition) is 2. The molecule has 0 radical (unpaired) electrons. The predicted molar refractivity (Wildman–Crippen MR) is 64.7 cm³/mol. The van der Waals surface area contributed by atoms with Crippen LogP contribution < -0.4 is 0 Å². The van der Waals surface area contributed by atoms with Gasteiger partial charge in [0, 0.05) is 19.1 Å². The van der Waals surface area contributed by atoms with Crippen LogP contribution in [0.4, 0.5) is 0 Å². The molecule has 1 aliphatic heterocycles. The van der Waals surface area contributed by atoms with Gasteiger partial charge in [-0.1, -0.05) is 20.8 Å². The molecular weight excluding hydrogens is 184 g/mol. The summed E-state index contributed by atoms with van der Waals surface area (Å²) in [5.74, 6) is 2.71. The Balaban J connectivity index is 2.00. The van der Waals surface area contributed by atoms with Gasteiger partial charge in [-0.15, -0.1) is 0 Å². The van der Waals surface area contributed by atoms with Gasteiger partial charge in [-0.3, -0.25) is 9.80 Å². The highest BCUT2D eigenvalue weighted by Crippen LogP contribution is 2.36. The van der Waals surface area contributed by atoms with E-state index in [4.69, 9.17) is 0 Å². The average Bonchev–Trinajstić information content (AvgIpc) is 2.49. The summed E-state index contributed by atoms with van der Waals surface area (Å²) in [6, 6.07) is 0.839. The molecule has 2 heteroatoms. The van der Waals surface area contributed by atoms with Gasteiger partial charge < -0.3 is 0 Å². The molecule has 0 aromatic heterocycles. The van der Waals surface area contributed by atoms with Crippen LogP contribution in [0.15, 0.2) is 0 Å². The van der Waals surface area contributed by atoms with Gasteiger partial charge in [0.2, 0.25) is 0 Å². The zero-order valence-corrected chi connectivity index (χ0v) is 10.7. The van der Waals surface area contributed by atoms with Crippen molar-refractivity contribution in [2.24, 2.45) is 17.8 Å². The Bertz CT molecular complexity index is 205. The van der Waals surface area contributed by atoms with Gasteiger partial charge in [0.1, 0.15) is 0 Å². The lowest BCUT2D eigenvalue weighted by Gasteiger charge is -2.43. The van der Waals surface area contributed by atoms with Gasteiger partial charge in [-0.05, 0) is 37.6 Å². The standard InChI is InChI=1S/C13H26N2/c1-10-7-11(2)13(12(3)8-10)15-6-5-14(4)9-15/h10-13H,5-9H2,1-4H3/t10?,11-,12-,13?/m0/s1. The van der Waals surface area contributed by atoms with Crippen LogP contribution in [-0.2, 0) is 0 Å². The van der Waals surface area contributed by atoms with Crippen LogP contribution in [0, 0.1) is 17.8 Å². The second-order valence-corrected chi connectivity index (χ2v) is 6.06. The molecule has 0 aromatic rings. The summed E-state index contributed by atoms with van der Waals surface area (Å²) in [5.41, 5.74) is 0. The van der Waals surface area contributed by atoms with Crippen LogP contribution >= 0.6 is 0 Å². The molecule has 0 N–H and O–H groups in total. The van der Waals surface area contributed by atoms with E-state index in [0.717, 1.165) is 23.8 Å². The van der Waals surface area contributed by atoms with Crippen molar-refractivity contribution < 1.29 is 0 Å². The maximum atomic E-state index is 2.71. The lowest BCUT2D eigenvalue weighted by molar-refractivity contribution is 0.0573. The molecule has 2 nitrogen and oxygen atoms in total. The molecular formula is C13H26N2. The lowest BCUT2D eigenvalue weighted by atomic mass is 9.73. The van der Waals surface area contributed by atoms with E-state index in [9.17, 15) is 0 Å². The zero-order valence-electron chi connectivity index (χ0n) is 10.7. The summed E-state index contributed by atoms with van der Waals surface area (Å²) in [5, 5.41) is 0. The molecule has 2 rings (SSSR count). The molecule has 1 saturated heterocycles. The summed E-state index contributed by atoms with van der Waals surface area (Å²) in [6.45, 7) is 11.0. The normalized spacial score (nSPS) is 44.8. The molecule has 1 aliphatic carbocycles. The molecule has 2 atom stereocenters. The summed E-state index contributed by atoms with van der Waals surface area (Å²) in [6.07, 6.45) is 2.85. The van der Waals surface area contributed by atoms with Crippen molar-refractivity contribution >= 4 is 0 Å². The number of likely N-dealkylation sites (N-methyl/N-ethyl adjacent to an activating group) is 1. The highest BCUT2D eigenvalue weighted by Gasteiger charge is 2.36. The van der Waals surface area contributed by atoms with Crippen molar-refractivity contribution in [2.45, 2.75) is 39.7 Å². The van der Waals surface area contributed by atoms with Crippen LogP contribution in [-0.4, -0.2) is 42.6 Å². The van der Waals surface area contributed by atoms with Crippen molar-refractivity contribution in [1.82, 2.24) is 9.80 Å². The third-order valence-electron chi connectivity index (χ3n) is 4.33. The molecule has 1 heterocycles. The highest BCUT2D eigenvalue weighted by molar-refractivity contribution is 4.89. The first kappa shape index (κ1) is 11.4. The van der Waals surface area contributed by atoms with Crippen LogP contribution in [0.1, 0.15) is 33.6 Å². The fraction of sp³-hybridized carbons (Fsp3) is 1.00. The van der Waals surface area contributed by atoms with Crippen LogP contribution in [0.25, 0.3) is 0 Å². The minimum absolute atomic E-state index is 0.839. The monoisotopic (exact) mass is 210 g/mol. The fourth-order valence-corrected chi connectivity index (χ4v) is 3.92. The maximum Gasteiger partial charge on any atom is 0.0507 e. The molecule has 0 bridgehead atoms. The number of nitrogens with zero attached hydrogens (tertiary/aromatic N) is 2. The van der Waals surface area contributed by atoms with Crippen LogP contribution in [0.5, 0.6) is 0 Å². The number of hydrogen-bond donors (Lipinski definition) is 0. The van der Waals surface area contributed by atoms with Crippen molar-refractivity contribution in [1.29, 1.82) is 0 Å². The molecule has 0 aromatic carbocycles. The second-order valence-electron chi connectivity index (χ2n) is 6.06. The van der Waals surface area contributed by atoms with Crippen molar-refractivity contribution in [3.05, 3.63) is 0 Å². The Kier molecular flexibility index (Phi) is 3.36. The summed E-state index contributed by atoms with van der Waals surface area (Å²) < 4.78 is 0. The van der Waals surface area contributed by atoms with E-state index in [1.165, 1.54) is 32.6 Å². The Morgan fingerprint density at radius 2 is 1.53 bits per heavy atom. The summed E-state index contributed by atoms with van der Waals surface area (Å²) >= 11 is 0. The van der Waals surface area contributed by atoms with E-state index in [0.29, 0.717) is 0 Å². The smallest absolute Gasteiger partial charge is 0.0507 e. The predicted octanol–water partition coefficient (Wildman–Crippen LogP) is 2.26. The van der Waals surface area contributed by atoms with Gasteiger partial charge in [0.05, 0.1) is 6.67 Å². The average molecular weight is 210 g/mol. The molecule has 0 amide bonds. The van der Waals surface area contributed by atoms with Gasteiger partial charge in [-0.25, -0.2) is 0 Å². The summed E-state index contributed by atoms with van der Waals surface area (Å²) in [7, 11) is 2.24. The minimum Gasteiger partial charge on any atom is -0.292 e.